The summed E-state index contributed by atoms with van der Waals surface area (Å²) in [6, 6.07) is 16.7. The Morgan fingerprint density at radius 3 is 2.38 bits per heavy atom. The number of carbonyl (C=O) groups excluding carboxylic acids is 1. The van der Waals surface area contributed by atoms with Gasteiger partial charge in [-0.1, -0.05) is 54.1 Å². The van der Waals surface area contributed by atoms with E-state index in [4.69, 9.17) is 0 Å². The molecule has 0 atom stereocenters. The number of thioether (sulfide) groups is 1. The summed E-state index contributed by atoms with van der Waals surface area (Å²) in [6.45, 7) is 3.56. The third-order valence-corrected chi connectivity index (χ3v) is 4.71. The lowest BCUT2D eigenvalue weighted by Gasteiger charge is -2.14. The highest BCUT2D eigenvalue weighted by Gasteiger charge is 2.06. The highest BCUT2D eigenvalue weighted by atomic mass is 32.2. The molecule has 2 rings (SSSR count). The number of hydrogen-bond donors (Lipinski definition) is 1. The summed E-state index contributed by atoms with van der Waals surface area (Å²) in [5, 5.41) is 3.03. The van der Waals surface area contributed by atoms with Gasteiger partial charge in [-0.05, 0) is 37.7 Å². The average Bonchev–Trinajstić information content (AvgIpc) is 2.55. The lowest BCUT2D eigenvalue weighted by atomic mass is 10.1. The lowest BCUT2D eigenvalue weighted by molar-refractivity contribution is -0.118. The third-order valence-electron chi connectivity index (χ3n) is 3.70. The molecule has 24 heavy (non-hydrogen) atoms. The second-order valence-electron chi connectivity index (χ2n) is 6.26. The van der Waals surface area contributed by atoms with Gasteiger partial charge in [0.2, 0.25) is 5.91 Å². The summed E-state index contributed by atoms with van der Waals surface area (Å²) in [7, 11) is 4.11. The summed E-state index contributed by atoms with van der Waals surface area (Å²) >= 11 is 1.65. The van der Waals surface area contributed by atoms with Gasteiger partial charge >= 0.3 is 0 Å². The quantitative estimate of drug-likeness (QED) is 0.795. The second kappa shape index (κ2) is 9.50. The molecule has 0 aliphatic rings. The first kappa shape index (κ1) is 18.6. The van der Waals surface area contributed by atoms with E-state index in [-0.39, 0.29) is 5.91 Å². The predicted molar refractivity (Wildman–Crippen MR) is 103 cm³/mol. The Labute approximate surface area is 149 Å². The molecular formula is C20H26N2OS. The molecule has 0 aromatic heterocycles. The van der Waals surface area contributed by atoms with Crippen molar-refractivity contribution in [2.75, 3.05) is 19.8 Å². The Morgan fingerprint density at radius 2 is 1.71 bits per heavy atom. The van der Waals surface area contributed by atoms with Crippen LogP contribution in [0.25, 0.3) is 0 Å². The zero-order valence-electron chi connectivity index (χ0n) is 14.7. The Morgan fingerprint density at radius 1 is 1.04 bits per heavy atom. The van der Waals surface area contributed by atoms with Gasteiger partial charge in [0.15, 0.2) is 0 Å². The highest BCUT2D eigenvalue weighted by Crippen LogP contribution is 2.13. The Balaban J connectivity index is 1.76. The summed E-state index contributed by atoms with van der Waals surface area (Å²) in [6.07, 6.45) is 0. The molecule has 0 radical (unpaired) electrons. The van der Waals surface area contributed by atoms with Gasteiger partial charge in [-0.2, -0.15) is 0 Å². The first-order valence-electron chi connectivity index (χ1n) is 8.16. The predicted octanol–water partition coefficient (Wildman–Crippen LogP) is 3.61. The van der Waals surface area contributed by atoms with Crippen LogP contribution in [0.2, 0.25) is 0 Å². The van der Waals surface area contributed by atoms with E-state index < -0.39 is 0 Å². The van der Waals surface area contributed by atoms with Crippen molar-refractivity contribution in [2.45, 2.75) is 25.8 Å². The molecule has 0 unspecified atom stereocenters. The van der Waals surface area contributed by atoms with Crippen LogP contribution < -0.4 is 5.32 Å². The molecule has 128 valence electrons. The highest BCUT2D eigenvalue weighted by molar-refractivity contribution is 7.99. The minimum atomic E-state index is 0.0896. The van der Waals surface area contributed by atoms with Gasteiger partial charge in [0, 0.05) is 18.8 Å². The number of hydrogen-bond acceptors (Lipinski definition) is 3. The molecule has 2 aromatic carbocycles. The SMILES string of the molecule is Cc1ccc(CSCC(=O)NCc2ccccc2CN(C)C)cc1. The summed E-state index contributed by atoms with van der Waals surface area (Å²) in [5.41, 5.74) is 4.96. The van der Waals surface area contributed by atoms with E-state index in [0.29, 0.717) is 12.3 Å². The van der Waals surface area contributed by atoms with Crippen LogP contribution >= 0.6 is 11.8 Å². The number of carbonyl (C=O) groups is 1. The van der Waals surface area contributed by atoms with E-state index in [0.717, 1.165) is 12.3 Å². The van der Waals surface area contributed by atoms with Crippen molar-refractivity contribution in [3.05, 3.63) is 70.8 Å². The van der Waals surface area contributed by atoms with Crippen molar-refractivity contribution in [1.82, 2.24) is 10.2 Å². The van der Waals surface area contributed by atoms with Crippen LogP contribution in [0.15, 0.2) is 48.5 Å². The molecular weight excluding hydrogens is 316 g/mol. The maximum absolute atomic E-state index is 12.1. The lowest BCUT2D eigenvalue weighted by Crippen LogP contribution is -2.25. The minimum absolute atomic E-state index is 0.0896. The standard InChI is InChI=1S/C20H26N2OS/c1-16-8-10-17(11-9-16)14-24-15-20(23)21-12-18-6-4-5-7-19(18)13-22(2)3/h4-11H,12-15H2,1-3H3,(H,21,23). The van der Waals surface area contributed by atoms with Crippen molar-refractivity contribution >= 4 is 17.7 Å². The third kappa shape index (κ3) is 6.38. The molecule has 0 fully saturated rings. The number of amides is 1. The van der Waals surface area contributed by atoms with Crippen LogP contribution in [0.5, 0.6) is 0 Å². The first-order valence-corrected chi connectivity index (χ1v) is 9.31. The summed E-state index contributed by atoms with van der Waals surface area (Å²) in [5.74, 6) is 1.45. The maximum atomic E-state index is 12.1. The molecule has 0 heterocycles. The maximum Gasteiger partial charge on any atom is 0.230 e. The van der Waals surface area contributed by atoms with E-state index in [1.807, 2.05) is 12.1 Å². The molecule has 1 N–H and O–H groups in total. The normalized spacial score (nSPS) is 10.8. The van der Waals surface area contributed by atoms with Crippen LogP contribution in [-0.2, 0) is 23.6 Å². The number of rotatable bonds is 8. The fraction of sp³-hybridized carbons (Fsp3) is 0.350. The van der Waals surface area contributed by atoms with Crippen LogP contribution in [0, 0.1) is 6.92 Å². The molecule has 0 aliphatic heterocycles. The average molecular weight is 343 g/mol. The number of nitrogens with zero attached hydrogens (tertiary/aromatic N) is 1. The first-order chi connectivity index (χ1) is 11.5. The Hall–Kier alpha value is -1.78. The fourth-order valence-electron chi connectivity index (χ4n) is 2.42. The zero-order valence-corrected chi connectivity index (χ0v) is 15.5. The van der Waals surface area contributed by atoms with E-state index >= 15 is 0 Å². The number of aryl methyl sites for hydroxylation is 1. The van der Waals surface area contributed by atoms with Crippen molar-refractivity contribution < 1.29 is 4.79 Å². The molecule has 4 heteroatoms. The van der Waals surface area contributed by atoms with Gasteiger partial charge in [0.25, 0.3) is 0 Å². The Kier molecular flexibility index (Phi) is 7.35. The second-order valence-corrected chi connectivity index (χ2v) is 7.25. The minimum Gasteiger partial charge on any atom is -0.351 e. The van der Waals surface area contributed by atoms with Crippen LogP contribution in [0.3, 0.4) is 0 Å². The monoisotopic (exact) mass is 342 g/mol. The molecule has 0 aliphatic carbocycles. The molecule has 0 bridgehead atoms. The number of benzene rings is 2. The zero-order chi connectivity index (χ0) is 17.4. The summed E-state index contributed by atoms with van der Waals surface area (Å²) in [4.78, 5) is 14.2. The van der Waals surface area contributed by atoms with Gasteiger partial charge in [0.05, 0.1) is 5.75 Å². The van der Waals surface area contributed by atoms with Crippen molar-refractivity contribution in [3.63, 3.8) is 0 Å². The van der Waals surface area contributed by atoms with Crippen molar-refractivity contribution in [2.24, 2.45) is 0 Å². The van der Waals surface area contributed by atoms with Crippen molar-refractivity contribution in [3.8, 4) is 0 Å². The van der Waals surface area contributed by atoms with Gasteiger partial charge < -0.3 is 10.2 Å². The van der Waals surface area contributed by atoms with Gasteiger partial charge in [-0.25, -0.2) is 0 Å². The number of nitrogens with one attached hydrogen (secondary N) is 1. The van der Waals surface area contributed by atoms with Crippen LogP contribution in [0.4, 0.5) is 0 Å². The molecule has 3 nitrogen and oxygen atoms in total. The molecule has 1 amide bonds. The topological polar surface area (TPSA) is 32.3 Å². The van der Waals surface area contributed by atoms with Crippen LogP contribution in [0.1, 0.15) is 22.3 Å². The molecule has 0 saturated heterocycles. The van der Waals surface area contributed by atoms with E-state index in [2.05, 4.69) is 67.6 Å². The molecule has 0 saturated carbocycles. The van der Waals surface area contributed by atoms with Crippen molar-refractivity contribution in [1.29, 1.82) is 0 Å². The van der Waals surface area contributed by atoms with E-state index in [1.54, 1.807) is 11.8 Å². The molecule has 2 aromatic rings. The van der Waals surface area contributed by atoms with Gasteiger partial charge in [-0.15, -0.1) is 11.8 Å². The smallest absolute Gasteiger partial charge is 0.230 e. The summed E-state index contributed by atoms with van der Waals surface area (Å²) < 4.78 is 0. The van der Waals surface area contributed by atoms with E-state index in [1.165, 1.54) is 22.3 Å². The fourth-order valence-corrected chi connectivity index (χ4v) is 3.23. The molecule has 0 spiro atoms. The van der Waals surface area contributed by atoms with Crippen LogP contribution in [-0.4, -0.2) is 30.7 Å². The van der Waals surface area contributed by atoms with Gasteiger partial charge in [0.1, 0.15) is 0 Å². The van der Waals surface area contributed by atoms with Gasteiger partial charge in [-0.3, -0.25) is 4.79 Å². The Bertz CT molecular complexity index is 653. The van der Waals surface area contributed by atoms with E-state index in [9.17, 15) is 4.79 Å². The largest absolute Gasteiger partial charge is 0.351 e.